The van der Waals surface area contributed by atoms with Crippen molar-refractivity contribution in [3.8, 4) is 0 Å². The molecule has 2 rings (SSSR count). The Morgan fingerprint density at radius 2 is 1.42 bits per heavy atom. The van der Waals surface area contributed by atoms with Gasteiger partial charge in [-0.2, -0.15) is 0 Å². The molecule has 0 aliphatic heterocycles. The number of benzene rings is 2. The zero-order valence-electron chi connectivity index (χ0n) is 15.9. The number of carbonyl (C=O) groups is 2. The van der Waals surface area contributed by atoms with Crippen molar-refractivity contribution in [2.75, 3.05) is 28.6 Å². The number of carbonyl (C=O) groups excluding carboxylic acids is 2. The Balaban J connectivity index is 1.97. The average Bonchev–Trinajstić information content (AvgIpc) is 2.60. The van der Waals surface area contributed by atoms with E-state index in [-0.39, 0.29) is 18.2 Å². The molecular formula is C21H27N3O2. The van der Waals surface area contributed by atoms with Crippen molar-refractivity contribution in [3.05, 3.63) is 53.6 Å². The van der Waals surface area contributed by atoms with Crippen molar-refractivity contribution in [1.82, 2.24) is 0 Å². The molecule has 5 heteroatoms. The van der Waals surface area contributed by atoms with Gasteiger partial charge in [0, 0.05) is 30.2 Å². The summed E-state index contributed by atoms with van der Waals surface area (Å²) in [5.41, 5.74) is 4.52. The second kappa shape index (κ2) is 9.04. The van der Waals surface area contributed by atoms with Crippen LogP contribution >= 0.6 is 0 Å². The molecule has 0 aromatic heterocycles. The van der Waals surface area contributed by atoms with Crippen LogP contribution in [-0.2, 0) is 9.59 Å². The summed E-state index contributed by atoms with van der Waals surface area (Å²) >= 11 is 0. The van der Waals surface area contributed by atoms with Gasteiger partial charge < -0.3 is 15.5 Å². The second-order valence-corrected chi connectivity index (χ2v) is 6.26. The Hall–Kier alpha value is -2.82. The lowest BCUT2D eigenvalue weighted by molar-refractivity contribution is -0.123. The van der Waals surface area contributed by atoms with E-state index in [2.05, 4.69) is 35.4 Å². The zero-order valence-corrected chi connectivity index (χ0v) is 15.9. The molecule has 0 atom stereocenters. The molecule has 0 radical (unpaired) electrons. The highest BCUT2D eigenvalue weighted by molar-refractivity contribution is 6.08. The number of anilines is 3. The van der Waals surface area contributed by atoms with Crippen molar-refractivity contribution in [2.24, 2.45) is 0 Å². The summed E-state index contributed by atoms with van der Waals surface area (Å²) in [5.74, 6) is -0.649. The van der Waals surface area contributed by atoms with Crippen LogP contribution in [-0.4, -0.2) is 24.9 Å². The van der Waals surface area contributed by atoms with Crippen molar-refractivity contribution in [3.63, 3.8) is 0 Å². The van der Waals surface area contributed by atoms with Gasteiger partial charge in [0.1, 0.15) is 6.42 Å². The maximum absolute atomic E-state index is 12.2. The summed E-state index contributed by atoms with van der Waals surface area (Å²) in [6.45, 7) is 9.96. The highest BCUT2D eigenvalue weighted by Gasteiger charge is 2.12. The van der Waals surface area contributed by atoms with E-state index in [9.17, 15) is 9.59 Å². The fraction of sp³-hybridized carbons (Fsp3) is 0.333. The van der Waals surface area contributed by atoms with E-state index in [4.69, 9.17) is 0 Å². The number of rotatable bonds is 7. The first kappa shape index (κ1) is 19.5. The Kier molecular flexibility index (Phi) is 6.78. The number of para-hydroxylation sites is 1. The van der Waals surface area contributed by atoms with Crippen LogP contribution in [0, 0.1) is 13.8 Å². The largest absolute Gasteiger partial charge is 0.372 e. The van der Waals surface area contributed by atoms with E-state index in [1.165, 1.54) is 0 Å². The maximum Gasteiger partial charge on any atom is 0.233 e. The first-order valence-corrected chi connectivity index (χ1v) is 8.95. The number of hydrogen-bond donors (Lipinski definition) is 2. The third kappa shape index (κ3) is 5.09. The van der Waals surface area contributed by atoms with Gasteiger partial charge in [0.15, 0.2) is 0 Å². The van der Waals surface area contributed by atoms with Crippen LogP contribution in [0.4, 0.5) is 17.1 Å². The number of amides is 2. The van der Waals surface area contributed by atoms with E-state index < -0.39 is 0 Å². The van der Waals surface area contributed by atoms with Gasteiger partial charge in [0.05, 0.1) is 0 Å². The molecule has 2 amide bonds. The second-order valence-electron chi connectivity index (χ2n) is 6.26. The van der Waals surface area contributed by atoms with E-state index in [0.717, 1.165) is 41.3 Å². The minimum absolute atomic E-state index is 0.217. The highest BCUT2D eigenvalue weighted by Crippen LogP contribution is 2.23. The number of hydrogen-bond acceptors (Lipinski definition) is 3. The summed E-state index contributed by atoms with van der Waals surface area (Å²) < 4.78 is 0. The van der Waals surface area contributed by atoms with Gasteiger partial charge in [-0.1, -0.05) is 18.2 Å². The van der Waals surface area contributed by atoms with Gasteiger partial charge in [-0.25, -0.2) is 0 Å². The first-order valence-electron chi connectivity index (χ1n) is 8.95. The van der Waals surface area contributed by atoms with Crippen LogP contribution in [0.5, 0.6) is 0 Å². The van der Waals surface area contributed by atoms with E-state index >= 15 is 0 Å². The van der Waals surface area contributed by atoms with Crippen LogP contribution < -0.4 is 15.5 Å². The Labute approximate surface area is 155 Å². The third-order valence-electron chi connectivity index (χ3n) is 4.35. The van der Waals surface area contributed by atoms with E-state index in [1.54, 1.807) is 0 Å². The van der Waals surface area contributed by atoms with Gasteiger partial charge in [-0.3, -0.25) is 9.59 Å². The van der Waals surface area contributed by atoms with Crippen LogP contribution in [0.1, 0.15) is 31.4 Å². The minimum Gasteiger partial charge on any atom is -0.372 e. The normalized spacial score (nSPS) is 10.3. The smallest absolute Gasteiger partial charge is 0.233 e. The topological polar surface area (TPSA) is 61.4 Å². The summed E-state index contributed by atoms with van der Waals surface area (Å²) in [6, 6.07) is 13.4. The molecule has 2 N–H and O–H groups in total. The Morgan fingerprint density at radius 3 is 1.96 bits per heavy atom. The quantitative estimate of drug-likeness (QED) is 0.736. The van der Waals surface area contributed by atoms with Crippen molar-refractivity contribution in [2.45, 2.75) is 34.1 Å². The molecule has 0 bridgehead atoms. The molecule has 2 aromatic carbocycles. The van der Waals surface area contributed by atoms with Gasteiger partial charge in [0.2, 0.25) is 11.8 Å². The molecule has 0 heterocycles. The van der Waals surface area contributed by atoms with Crippen LogP contribution in [0.3, 0.4) is 0 Å². The number of nitrogens with zero attached hydrogens (tertiary/aromatic N) is 1. The lowest BCUT2D eigenvalue weighted by atomic mass is 10.1. The predicted molar refractivity (Wildman–Crippen MR) is 108 cm³/mol. The average molecular weight is 353 g/mol. The van der Waals surface area contributed by atoms with Gasteiger partial charge >= 0.3 is 0 Å². The van der Waals surface area contributed by atoms with E-state index in [1.807, 2.05) is 50.2 Å². The van der Waals surface area contributed by atoms with Crippen molar-refractivity contribution < 1.29 is 9.59 Å². The molecule has 0 saturated carbocycles. The molecule has 0 fully saturated rings. The summed E-state index contributed by atoms with van der Waals surface area (Å²) in [6.07, 6.45) is -0.217. The molecule has 2 aromatic rings. The minimum atomic E-state index is -0.325. The SMILES string of the molecule is CCN(CC)c1ccc(NC(=O)CC(=O)Nc2ccccc2C)c(C)c1. The lowest BCUT2D eigenvalue weighted by Gasteiger charge is -2.22. The molecule has 0 aliphatic carbocycles. The fourth-order valence-corrected chi connectivity index (χ4v) is 2.82. The molecule has 0 spiro atoms. The molecule has 0 saturated heterocycles. The van der Waals surface area contributed by atoms with Crippen LogP contribution in [0.2, 0.25) is 0 Å². The summed E-state index contributed by atoms with van der Waals surface area (Å²) in [4.78, 5) is 26.5. The molecular weight excluding hydrogens is 326 g/mol. The maximum atomic E-state index is 12.2. The van der Waals surface area contributed by atoms with E-state index in [0.29, 0.717) is 0 Å². The van der Waals surface area contributed by atoms with Crippen molar-refractivity contribution in [1.29, 1.82) is 0 Å². The zero-order chi connectivity index (χ0) is 19.1. The first-order chi connectivity index (χ1) is 12.4. The summed E-state index contributed by atoms with van der Waals surface area (Å²) in [7, 11) is 0. The summed E-state index contributed by atoms with van der Waals surface area (Å²) in [5, 5.41) is 5.60. The van der Waals surface area contributed by atoms with Gasteiger partial charge in [-0.05, 0) is 63.1 Å². The Morgan fingerprint density at radius 1 is 0.846 bits per heavy atom. The highest BCUT2D eigenvalue weighted by atomic mass is 16.2. The number of nitrogens with one attached hydrogen (secondary N) is 2. The molecule has 138 valence electrons. The fourth-order valence-electron chi connectivity index (χ4n) is 2.82. The van der Waals surface area contributed by atoms with Crippen LogP contribution in [0.25, 0.3) is 0 Å². The lowest BCUT2D eigenvalue weighted by Crippen LogP contribution is -2.23. The molecule has 0 aliphatic rings. The number of aryl methyl sites for hydroxylation is 2. The predicted octanol–water partition coefficient (Wildman–Crippen LogP) is 4.12. The van der Waals surface area contributed by atoms with Crippen molar-refractivity contribution >= 4 is 28.9 Å². The monoisotopic (exact) mass is 353 g/mol. The van der Waals surface area contributed by atoms with Gasteiger partial charge in [-0.15, -0.1) is 0 Å². The van der Waals surface area contributed by atoms with Crippen LogP contribution in [0.15, 0.2) is 42.5 Å². The molecule has 5 nitrogen and oxygen atoms in total. The Bertz CT molecular complexity index is 783. The standard InChI is InChI=1S/C21H27N3O2/c1-5-24(6-2)17-11-12-19(16(4)13-17)23-21(26)14-20(25)22-18-10-8-7-9-15(18)3/h7-13H,5-6,14H2,1-4H3,(H,22,25)(H,23,26). The van der Waals surface area contributed by atoms with Gasteiger partial charge in [0.25, 0.3) is 0 Å². The molecule has 0 unspecified atom stereocenters. The molecule has 26 heavy (non-hydrogen) atoms. The third-order valence-corrected chi connectivity index (χ3v) is 4.35.